The molecule has 3 amide bonds. The molecule has 1 fully saturated rings. The van der Waals surface area contributed by atoms with Gasteiger partial charge in [-0.1, -0.05) is 73.7 Å². The molecule has 0 saturated carbocycles. The third-order valence-electron chi connectivity index (χ3n) is 7.45. The Morgan fingerprint density at radius 2 is 1.41 bits per heavy atom. The first kappa shape index (κ1) is 31.3. The number of urea groups is 1. The van der Waals surface area contributed by atoms with Gasteiger partial charge in [0.1, 0.15) is 0 Å². The van der Waals surface area contributed by atoms with Crippen molar-refractivity contribution in [1.29, 1.82) is 0 Å². The highest BCUT2D eigenvalue weighted by atomic mass is 32.2. The van der Waals surface area contributed by atoms with Crippen molar-refractivity contribution < 1.29 is 24.2 Å². The first-order chi connectivity index (χ1) is 21.4. The van der Waals surface area contributed by atoms with E-state index < -0.39 is 6.29 Å². The molecule has 4 aromatic carbocycles. The number of hydrogen-bond acceptors (Lipinski definition) is 6. The maximum absolute atomic E-state index is 12.4. The number of rotatable bonds is 10. The Kier molecular flexibility index (Phi) is 10.7. The fourth-order valence-corrected chi connectivity index (χ4v) is 6.07. The van der Waals surface area contributed by atoms with Gasteiger partial charge in [-0.05, 0) is 53.1 Å². The number of ether oxygens (including phenoxy) is 2. The lowest BCUT2D eigenvalue weighted by molar-refractivity contribution is -0.268. The molecule has 0 spiro atoms. The molecule has 8 nitrogen and oxygen atoms in total. The molecule has 5 rings (SSSR count). The van der Waals surface area contributed by atoms with E-state index in [-0.39, 0.29) is 36.7 Å². The molecule has 9 heteroatoms. The maximum atomic E-state index is 12.4. The van der Waals surface area contributed by atoms with E-state index in [4.69, 9.17) is 9.47 Å². The molecular weight excluding hydrogens is 574 g/mol. The minimum Gasteiger partial charge on any atom is -0.392 e. The molecule has 0 aliphatic carbocycles. The van der Waals surface area contributed by atoms with Gasteiger partial charge in [0, 0.05) is 47.0 Å². The lowest BCUT2D eigenvalue weighted by atomic mass is 9.91. The fraction of sp³-hybridized carbons (Fsp3) is 0.257. The standard InChI is InChI=1S/C35H37N3O5S/c1-23-32(22-44-31-18-16-29(17-19-31)37-24(2)40)42-34(43-33(23)27-10-8-26(21-39)9-11-27)28-12-14-30(15-13-28)38-35(41)36-20-25-6-4-3-5-7-25/h3-19,23,32-34,39H,20-22H2,1-2H3,(H,37,40)(H2,36,38,41)/t23-,32+,33+,34+/m0/s1. The summed E-state index contributed by atoms with van der Waals surface area (Å²) in [5, 5.41) is 18.1. The van der Waals surface area contributed by atoms with E-state index in [0.29, 0.717) is 18.0 Å². The third-order valence-corrected chi connectivity index (χ3v) is 8.55. The second kappa shape index (κ2) is 15.0. The van der Waals surface area contributed by atoms with Crippen LogP contribution >= 0.6 is 11.8 Å². The number of thioether (sulfide) groups is 1. The number of amides is 3. The molecule has 0 unspecified atom stereocenters. The molecule has 4 aromatic rings. The topological polar surface area (TPSA) is 109 Å². The first-order valence-electron chi connectivity index (χ1n) is 14.6. The highest BCUT2D eigenvalue weighted by molar-refractivity contribution is 7.99. The Hall–Kier alpha value is -4.15. The van der Waals surface area contributed by atoms with Crippen LogP contribution in [0.25, 0.3) is 0 Å². The van der Waals surface area contributed by atoms with E-state index in [1.807, 2.05) is 103 Å². The highest BCUT2D eigenvalue weighted by Gasteiger charge is 2.38. The predicted octanol–water partition coefficient (Wildman–Crippen LogP) is 7.04. The number of carbonyl (C=O) groups is 2. The van der Waals surface area contributed by atoms with Crippen LogP contribution < -0.4 is 16.0 Å². The molecule has 44 heavy (non-hydrogen) atoms. The summed E-state index contributed by atoms with van der Waals surface area (Å²) in [6.07, 6.45) is -0.962. The molecular formula is C35H37N3O5S. The smallest absolute Gasteiger partial charge is 0.319 e. The molecule has 4 N–H and O–H groups in total. The maximum Gasteiger partial charge on any atom is 0.319 e. The van der Waals surface area contributed by atoms with Crippen LogP contribution in [-0.2, 0) is 27.4 Å². The van der Waals surface area contributed by atoms with Crippen molar-refractivity contribution >= 4 is 35.1 Å². The number of aliphatic hydroxyl groups excluding tert-OH is 1. The van der Waals surface area contributed by atoms with Gasteiger partial charge in [0.25, 0.3) is 0 Å². The van der Waals surface area contributed by atoms with E-state index in [2.05, 4.69) is 22.9 Å². The minimum absolute atomic E-state index is 0.0161. The molecule has 4 atom stereocenters. The van der Waals surface area contributed by atoms with Crippen molar-refractivity contribution in [3.8, 4) is 0 Å². The van der Waals surface area contributed by atoms with Gasteiger partial charge in [-0.15, -0.1) is 11.8 Å². The zero-order chi connectivity index (χ0) is 30.9. The first-order valence-corrected chi connectivity index (χ1v) is 15.6. The van der Waals surface area contributed by atoms with Crippen LogP contribution in [0.2, 0.25) is 0 Å². The molecule has 0 aromatic heterocycles. The van der Waals surface area contributed by atoms with Crippen molar-refractivity contribution in [2.24, 2.45) is 5.92 Å². The lowest BCUT2D eigenvalue weighted by Gasteiger charge is -2.41. The average molecular weight is 612 g/mol. The summed E-state index contributed by atoms with van der Waals surface area (Å²) in [6, 6.07) is 32.6. The van der Waals surface area contributed by atoms with Crippen LogP contribution in [0.5, 0.6) is 0 Å². The molecule has 0 radical (unpaired) electrons. The number of aliphatic hydroxyl groups is 1. The molecule has 0 bridgehead atoms. The van der Waals surface area contributed by atoms with Crippen molar-refractivity contribution in [3.05, 3.63) is 125 Å². The molecule has 1 aliphatic rings. The number of carbonyl (C=O) groups excluding carboxylic acids is 2. The monoisotopic (exact) mass is 611 g/mol. The van der Waals surface area contributed by atoms with E-state index in [1.165, 1.54) is 6.92 Å². The molecule has 1 aliphatic heterocycles. The Morgan fingerprint density at radius 1 is 0.773 bits per heavy atom. The molecule has 1 heterocycles. The quantitative estimate of drug-likeness (QED) is 0.143. The predicted molar refractivity (Wildman–Crippen MR) is 173 cm³/mol. The number of hydrogen-bond donors (Lipinski definition) is 4. The Bertz CT molecular complexity index is 1520. The normalized spacial score (nSPS) is 19.6. The summed E-state index contributed by atoms with van der Waals surface area (Å²) in [4.78, 5) is 24.9. The van der Waals surface area contributed by atoms with Gasteiger partial charge in [0.15, 0.2) is 6.29 Å². The Morgan fingerprint density at radius 3 is 2.07 bits per heavy atom. The van der Waals surface area contributed by atoms with Crippen molar-refractivity contribution in [1.82, 2.24) is 5.32 Å². The van der Waals surface area contributed by atoms with Gasteiger partial charge in [-0.2, -0.15) is 0 Å². The van der Waals surface area contributed by atoms with E-state index >= 15 is 0 Å². The fourth-order valence-electron chi connectivity index (χ4n) is 5.00. The van der Waals surface area contributed by atoms with Gasteiger partial charge in [0.2, 0.25) is 5.91 Å². The van der Waals surface area contributed by atoms with Crippen molar-refractivity contribution in [2.75, 3.05) is 16.4 Å². The number of anilines is 2. The summed E-state index contributed by atoms with van der Waals surface area (Å²) >= 11 is 1.69. The SMILES string of the molecule is CC(=O)Nc1ccc(SC[C@H]2O[C@@H](c3ccc(NC(=O)NCc4ccccc4)cc3)O[C@@H](c3ccc(CO)cc3)[C@H]2C)cc1. The lowest BCUT2D eigenvalue weighted by Crippen LogP contribution is -2.38. The minimum atomic E-state index is -0.609. The zero-order valence-corrected chi connectivity index (χ0v) is 25.6. The van der Waals surface area contributed by atoms with Gasteiger partial charge < -0.3 is 30.5 Å². The highest BCUT2D eigenvalue weighted by Crippen LogP contribution is 2.43. The second-order valence-electron chi connectivity index (χ2n) is 10.8. The Labute approximate surface area is 262 Å². The number of benzene rings is 4. The third kappa shape index (κ3) is 8.48. The van der Waals surface area contributed by atoms with E-state index in [0.717, 1.165) is 32.8 Å². The van der Waals surface area contributed by atoms with Crippen LogP contribution in [0.3, 0.4) is 0 Å². The van der Waals surface area contributed by atoms with Crippen molar-refractivity contribution in [2.45, 2.75) is 50.4 Å². The summed E-state index contributed by atoms with van der Waals surface area (Å²) in [7, 11) is 0. The Balaban J connectivity index is 1.27. The summed E-state index contributed by atoms with van der Waals surface area (Å²) < 4.78 is 13.1. The van der Waals surface area contributed by atoms with Gasteiger partial charge >= 0.3 is 6.03 Å². The van der Waals surface area contributed by atoms with Gasteiger partial charge in [-0.3, -0.25) is 4.79 Å². The summed E-state index contributed by atoms with van der Waals surface area (Å²) in [5.41, 5.74) is 5.15. The van der Waals surface area contributed by atoms with Crippen LogP contribution in [-0.4, -0.2) is 28.9 Å². The van der Waals surface area contributed by atoms with Crippen LogP contribution in [0.15, 0.2) is 108 Å². The van der Waals surface area contributed by atoms with Crippen LogP contribution in [0.1, 0.15) is 48.5 Å². The van der Waals surface area contributed by atoms with Gasteiger partial charge in [-0.25, -0.2) is 4.79 Å². The average Bonchev–Trinajstić information content (AvgIpc) is 3.05. The summed E-state index contributed by atoms with van der Waals surface area (Å²) in [5.74, 6) is 0.646. The summed E-state index contributed by atoms with van der Waals surface area (Å²) in [6.45, 7) is 4.04. The second-order valence-corrected chi connectivity index (χ2v) is 11.8. The van der Waals surface area contributed by atoms with Gasteiger partial charge in [0.05, 0.1) is 18.8 Å². The zero-order valence-electron chi connectivity index (χ0n) is 24.7. The number of nitrogens with one attached hydrogen (secondary N) is 3. The van der Waals surface area contributed by atoms with E-state index in [1.54, 1.807) is 11.8 Å². The van der Waals surface area contributed by atoms with Crippen molar-refractivity contribution in [3.63, 3.8) is 0 Å². The molecule has 1 saturated heterocycles. The largest absolute Gasteiger partial charge is 0.392 e. The van der Waals surface area contributed by atoms with E-state index in [9.17, 15) is 14.7 Å². The van der Waals surface area contributed by atoms with Crippen LogP contribution in [0.4, 0.5) is 16.2 Å². The molecule has 228 valence electrons. The van der Waals surface area contributed by atoms with Crippen LogP contribution in [0, 0.1) is 5.92 Å².